The second kappa shape index (κ2) is 5.06. The Kier molecular flexibility index (Phi) is 3.48. The molecule has 3 N–H and O–H groups in total. The van der Waals surface area contributed by atoms with Crippen LogP contribution in [0.1, 0.15) is 5.56 Å². The number of anilines is 2. The standard InChI is InChI=1S/C13H13ClN4/c1-18(13-11(14)6-3-7-17-13)10-5-2-4-9(8-10)12(15)16/h2-8H,1H3,(H3,15,16). The Morgan fingerprint density at radius 2 is 2.11 bits per heavy atom. The second-order valence-corrected chi connectivity index (χ2v) is 4.24. The molecule has 0 aliphatic heterocycles. The average molecular weight is 261 g/mol. The van der Waals surface area contributed by atoms with Crippen molar-refractivity contribution in [3.63, 3.8) is 0 Å². The van der Waals surface area contributed by atoms with Gasteiger partial charge in [-0.15, -0.1) is 0 Å². The van der Waals surface area contributed by atoms with Crippen LogP contribution in [-0.2, 0) is 0 Å². The molecule has 0 bridgehead atoms. The Morgan fingerprint density at radius 3 is 2.78 bits per heavy atom. The summed E-state index contributed by atoms with van der Waals surface area (Å²) in [7, 11) is 1.87. The number of hydrogen-bond acceptors (Lipinski definition) is 3. The number of nitrogens with zero attached hydrogens (tertiary/aromatic N) is 2. The van der Waals surface area contributed by atoms with Gasteiger partial charge in [0.1, 0.15) is 5.84 Å². The summed E-state index contributed by atoms with van der Waals surface area (Å²) in [4.78, 5) is 6.09. The fourth-order valence-corrected chi connectivity index (χ4v) is 1.88. The molecule has 0 unspecified atom stereocenters. The van der Waals surface area contributed by atoms with Crippen LogP contribution in [-0.4, -0.2) is 17.9 Å². The third-order valence-corrected chi connectivity index (χ3v) is 2.90. The summed E-state index contributed by atoms with van der Waals surface area (Å²) < 4.78 is 0. The Hall–Kier alpha value is -2.07. The first kappa shape index (κ1) is 12.4. The molecule has 0 amide bonds. The Labute approximate surface area is 111 Å². The first-order valence-electron chi connectivity index (χ1n) is 5.38. The van der Waals surface area contributed by atoms with Crippen molar-refractivity contribution in [2.24, 2.45) is 5.73 Å². The number of aromatic nitrogens is 1. The highest BCUT2D eigenvalue weighted by molar-refractivity contribution is 6.33. The van der Waals surface area contributed by atoms with Crippen molar-refractivity contribution in [1.82, 2.24) is 4.98 Å². The lowest BCUT2D eigenvalue weighted by molar-refractivity contribution is 1.13. The fourth-order valence-electron chi connectivity index (χ4n) is 1.63. The molecule has 0 aliphatic rings. The van der Waals surface area contributed by atoms with Crippen LogP contribution in [0.3, 0.4) is 0 Å². The lowest BCUT2D eigenvalue weighted by atomic mass is 10.2. The van der Waals surface area contributed by atoms with Crippen LogP contribution in [0.4, 0.5) is 11.5 Å². The van der Waals surface area contributed by atoms with Gasteiger partial charge in [0, 0.05) is 24.5 Å². The number of nitrogens with two attached hydrogens (primary N) is 1. The van der Waals surface area contributed by atoms with Crippen molar-refractivity contribution in [3.8, 4) is 0 Å². The number of rotatable bonds is 3. The van der Waals surface area contributed by atoms with Crippen molar-refractivity contribution in [1.29, 1.82) is 5.41 Å². The molecule has 0 saturated heterocycles. The zero-order valence-corrected chi connectivity index (χ0v) is 10.6. The monoisotopic (exact) mass is 260 g/mol. The molecule has 0 spiro atoms. The van der Waals surface area contributed by atoms with E-state index in [1.807, 2.05) is 30.1 Å². The normalized spacial score (nSPS) is 10.1. The van der Waals surface area contributed by atoms with Gasteiger partial charge in [0.15, 0.2) is 5.82 Å². The topological polar surface area (TPSA) is 66.0 Å². The summed E-state index contributed by atoms with van der Waals surface area (Å²) >= 11 is 6.10. The van der Waals surface area contributed by atoms with Crippen LogP contribution in [0.25, 0.3) is 0 Å². The lowest BCUT2D eigenvalue weighted by Gasteiger charge is -2.19. The van der Waals surface area contributed by atoms with E-state index in [0.717, 1.165) is 5.69 Å². The molecule has 2 rings (SSSR count). The number of halogens is 1. The number of benzene rings is 1. The quantitative estimate of drug-likeness (QED) is 0.659. The SMILES string of the molecule is CN(c1cccc(C(=N)N)c1)c1ncccc1Cl. The molecular weight excluding hydrogens is 248 g/mol. The fraction of sp³-hybridized carbons (Fsp3) is 0.0769. The number of hydrogen-bond donors (Lipinski definition) is 2. The van der Waals surface area contributed by atoms with Crippen molar-refractivity contribution >= 4 is 28.9 Å². The van der Waals surface area contributed by atoms with Gasteiger partial charge in [-0.05, 0) is 24.3 Å². The van der Waals surface area contributed by atoms with Gasteiger partial charge in [0.25, 0.3) is 0 Å². The van der Waals surface area contributed by atoms with E-state index in [0.29, 0.717) is 16.4 Å². The van der Waals surface area contributed by atoms with Crippen molar-refractivity contribution in [2.45, 2.75) is 0 Å². The molecule has 2 aromatic rings. The van der Waals surface area contributed by atoms with Gasteiger partial charge in [0.2, 0.25) is 0 Å². The lowest BCUT2D eigenvalue weighted by Crippen LogP contribution is -2.14. The van der Waals surface area contributed by atoms with E-state index in [2.05, 4.69) is 4.98 Å². The molecule has 1 aromatic carbocycles. The van der Waals surface area contributed by atoms with Crippen LogP contribution in [0, 0.1) is 5.41 Å². The minimum Gasteiger partial charge on any atom is -0.384 e. The third kappa shape index (κ3) is 2.43. The van der Waals surface area contributed by atoms with Crippen LogP contribution in [0.5, 0.6) is 0 Å². The maximum atomic E-state index is 7.44. The predicted octanol–water partition coefficient (Wildman–Crippen LogP) is 2.79. The number of nitrogen functional groups attached to an aromatic ring is 1. The van der Waals surface area contributed by atoms with Gasteiger partial charge >= 0.3 is 0 Å². The summed E-state index contributed by atoms with van der Waals surface area (Å²) in [6.45, 7) is 0. The van der Waals surface area contributed by atoms with Crippen LogP contribution < -0.4 is 10.6 Å². The first-order chi connectivity index (χ1) is 8.59. The Balaban J connectivity index is 2.40. The van der Waals surface area contributed by atoms with Crippen LogP contribution in [0.2, 0.25) is 5.02 Å². The average Bonchev–Trinajstić information content (AvgIpc) is 2.38. The summed E-state index contributed by atoms with van der Waals surface area (Å²) in [6.07, 6.45) is 1.69. The largest absolute Gasteiger partial charge is 0.384 e. The minimum absolute atomic E-state index is 0.0392. The maximum Gasteiger partial charge on any atom is 0.151 e. The predicted molar refractivity (Wildman–Crippen MR) is 74.8 cm³/mol. The molecular formula is C13H13ClN4. The first-order valence-corrected chi connectivity index (χ1v) is 5.76. The van der Waals surface area contributed by atoms with Gasteiger partial charge < -0.3 is 10.6 Å². The number of pyridine rings is 1. The van der Waals surface area contributed by atoms with Gasteiger partial charge in [0.05, 0.1) is 5.02 Å². The molecule has 0 saturated carbocycles. The molecule has 92 valence electrons. The molecule has 1 aromatic heterocycles. The highest BCUT2D eigenvalue weighted by Gasteiger charge is 2.09. The van der Waals surface area contributed by atoms with Crippen molar-refractivity contribution in [3.05, 3.63) is 53.2 Å². The van der Waals surface area contributed by atoms with Gasteiger partial charge in [-0.1, -0.05) is 23.7 Å². The van der Waals surface area contributed by atoms with Crippen LogP contribution >= 0.6 is 11.6 Å². The zero-order valence-electron chi connectivity index (χ0n) is 9.89. The Morgan fingerprint density at radius 1 is 1.33 bits per heavy atom. The second-order valence-electron chi connectivity index (χ2n) is 3.83. The molecule has 0 fully saturated rings. The summed E-state index contributed by atoms with van der Waals surface area (Å²) in [6, 6.07) is 10.9. The van der Waals surface area contributed by atoms with E-state index in [1.54, 1.807) is 24.4 Å². The molecule has 4 nitrogen and oxygen atoms in total. The molecule has 0 aliphatic carbocycles. The highest BCUT2D eigenvalue weighted by atomic mass is 35.5. The minimum atomic E-state index is 0.0392. The van der Waals surface area contributed by atoms with E-state index in [9.17, 15) is 0 Å². The molecule has 5 heteroatoms. The highest BCUT2D eigenvalue weighted by Crippen LogP contribution is 2.28. The van der Waals surface area contributed by atoms with Crippen LogP contribution in [0.15, 0.2) is 42.6 Å². The molecule has 18 heavy (non-hydrogen) atoms. The van der Waals surface area contributed by atoms with Crippen molar-refractivity contribution in [2.75, 3.05) is 11.9 Å². The van der Waals surface area contributed by atoms with Crippen molar-refractivity contribution < 1.29 is 0 Å². The molecule has 0 atom stereocenters. The summed E-state index contributed by atoms with van der Waals surface area (Å²) in [5, 5.41) is 8.01. The van der Waals surface area contributed by atoms with E-state index in [4.69, 9.17) is 22.7 Å². The van der Waals surface area contributed by atoms with E-state index in [-0.39, 0.29) is 5.84 Å². The van der Waals surface area contributed by atoms with Gasteiger partial charge in [-0.25, -0.2) is 4.98 Å². The summed E-state index contributed by atoms with van der Waals surface area (Å²) in [5.74, 6) is 0.706. The van der Waals surface area contributed by atoms with Gasteiger partial charge in [-0.2, -0.15) is 0 Å². The maximum absolute atomic E-state index is 7.44. The molecule has 0 radical (unpaired) electrons. The smallest absolute Gasteiger partial charge is 0.151 e. The zero-order chi connectivity index (χ0) is 13.1. The molecule has 1 heterocycles. The number of amidine groups is 1. The number of nitrogens with one attached hydrogen (secondary N) is 1. The van der Waals surface area contributed by atoms with E-state index < -0.39 is 0 Å². The van der Waals surface area contributed by atoms with E-state index >= 15 is 0 Å². The third-order valence-electron chi connectivity index (χ3n) is 2.60. The van der Waals surface area contributed by atoms with Gasteiger partial charge in [-0.3, -0.25) is 5.41 Å². The summed E-state index contributed by atoms with van der Waals surface area (Å²) in [5.41, 5.74) is 7.03. The van der Waals surface area contributed by atoms with E-state index in [1.165, 1.54) is 0 Å². The Bertz CT molecular complexity index is 583.